The number of pyridine rings is 1. The number of piperidine rings is 1. The summed E-state index contributed by atoms with van der Waals surface area (Å²) in [6.07, 6.45) is 3.34. The van der Waals surface area contributed by atoms with E-state index < -0.39 is 28.0 Å². The van der Waals surface area contributed by atoms with Crippen molar-refractivity contribution in [3.63, 3.8) is 0 Å². The van der Waals surface area contributed by atoms with E-state index in [0.717, 1.165) is 0 Å². The van der Waals surface area contributed by atoms with Crippen LogP contribution in [0.2, 0.25) is 10.0 Å². The van der Waals surface area contributed by atoms with Gasteiger partial charge >= 0.3 is 0 Å². The second kappa shape index (κ2) is 9.27. The Morgan fingerprint density at radius 1 is 1.19 bits per heavy atom. The van der Waals surface area contributed by atoms with Crippen LogP contribution in [-0.2, 0) is 14.8 Å². The van der Waals surface area contributed by atoms with Crippen molar-refractivity contribution in [3.05, 3.63) is 58.3 Å². The Labute approximate surface area is 198 Å². The van der Waals surface area contributed by atoms with Crippen LogP contribution in [0.25, 0.3) is 0 Å². The highest BCUT2D eigenvalue weighted by Gasteiger charge is 2.50. The molecule has 4 rings (SSSR count). The largest absolute Gasteiger partial charge is 0.396 e. The van der Waals surface area contributed by atoms with Gasteiger partial charge in [-0.15, -0.1) is 0 Å². The maximum Gasteiger partial charge on any atom is 0.244 e. The van der Waals surface area contributed by atoms with Crippen LogP contribution in [0, 0.1) is 5.92 Å². The average molecular weight is 498 g/mol. The molecule has 0 aliphatic carbocycles. The molecule has 172 valence electrons. The molecule has 32 heavy (non-hydrogen) atoms. The molecule has 0 unspecified atom stereocenters. The molecule has 1 aromatic carbocycles. The first-order chi connectivity index (χ1) is 15.2. The Morgan fingerprint density at radius 2 is 1.91 bits per heavy atom. The number of aliphatic hydroxyl groups is 1. The lowest BCUT2D eigenvalue weighted by molar-refractivity contribution is -0.137. The fourth-order valence-electron chi connectivity index (χ4n) is 4.79. The SMILES string of the molecule is C[C@@H](c1ccccn1)N1C[C@H](CO)[C@H]2CCC[C@@H](C1=O)N2S(=O)(=O)c1cc(Cl)cc(Cl)c1. The number of sulfonamides is 1. The molecule has 2 saturated heterocycles. The van der Waals surface area contributed by atoms with E-state index in [1.165, 1.54) is 22.5 Å². The number of aliphatic hydroxyl groups excluding tert-OH is 1. The summed E-state index contributed by atoms with van der Waals surface area (Å²) in [6.45, 7) is 1.88. The monoisotopic (exact) mass is 497 g/mol. The summed E-state index contributed by atoms with van der Waals surface area (Å²) in [7, 11) is -4.09. The third-order valence-corrected chi connectivity index (χ3v) is 8.73. The number of hydrogen-bond donors (Lipinski definition) is 1. The molecular formula is C22H25Cl2N3O4S. The topological polar surface area (TPSA) is 90.8 Å². The number of fused-ring (bicyclic) bond motifs is 2. The highest BCUT2D eigenvalue weighted by molar-refractivity contribution is 7.89. The third-order valence-electron chi connectivity index (χ3n) is 6.38. The van der Waals surface area contributed by atoms with Crippen LogP contribution >= 0.6 is 23.2 Å². The maximum atomic E-state index is 13.8. The third kappa shape index (κ3) is 4.26. The summed E-state index contributed by atoms with van der Waals surface area (Å²) >= 11 is 12.2. The first-order valence-electron chi connectivity index (χ1n) is 10.6. The summed E-state index contributed by atoms with van der Waals surface area (Å²) in [6, 6.07) is 7.91. The average Bonchev–Trinajstić information content (AvgIpc) is 2.85. The van der Waals surface area contributed by atoms with E-state index >= 15 is 0 Å². The number of carbonyl (C=O) groups is 1. The number of amides is 1. The zero-order chi connectivity index (χ0) is 23.0. The van der Waals surface area contributed by atoms with Gasteiger partial charge in [0.25, 0.3) is 0 Å². The molecule has 2 bridgehead atoms. The molecule has 2 aliphatic heterocycles. The fourth-order valence-corrected chi connectivity index (χ4v) is 7.41. The van der Waals surface area contributed by atoms with Gasteiger partial charge in [0, 0.05) is 41.4 Å². The quantitative estimate of drug-likeness (QED) is 0.682. The molecule has 4 atom stereocenters. The standard InChI is InChI=1S/C22H25Cl2N3O4S/c1-14(19-5-2-3-8-25-19)26-12-15(13-28)20-6-4-7-21(22(26)29)27(20)32(30,31)18-10-16(23)9-17(24)11-18/h2-3,5,8-11,14-15,20-21,28H,4,6-7,12-13H2,1H3/t14-,15+,20+,21-/m0/s1. The van der Waals surface area contributed by atoms with E-state index in [4.69, 9.17) is 23.2 Å². The predicted molar refractivity (Wildman–Crippen MR) is 122 cm³/mol. The van der Waals surface area contributed by atoms with Crippen molar-refractivity contribution in [2.24, 2.45) is 5.92 Å². The predicted octanol–water partition coefficient (Wildman–Crippen LogP) is 3.51. The second-order valence-electron chi connectivity index (χ2n) is 8.32. The van der Waals surface area contributed by atoms with Gasteiger partial charge in [-0.1, -0.05) is 29.3 Å². The highest BCUT2D eigenvalue weighted by atomic mass is 35.5. The van der Waals surface area contributed by atoms with E-state index in [1.807, 2.05) is 19.1 Å². The minimum absolute atomic E-state index is 0.0531. The molecule has 0 radical (unpaired) electrons. The smallest absolute Gasteiger partial charge is 0.244 e. The van der Waals surface area contributed by atoms with Crippen LogP contribution in [0.3, 0.4) is 0 Å². The Balaban J connectivity index is 1.79. The van der Waals surface area contributed by atoms with Gasteiger partial charge in [0.15, 0.2) is 0 Å². The van der Waals surface area contributed by atoms with Gasteiger partial charge in [0.2, 0.25) is 15.9 Å². The van der Waals surface area contributed by atoms with Crippen molar-refractivity contribution < 1.29 is 18.3 Å². The van der Waals surface area contributed by atoms with Crippen LogP contribution in [0.1, 0.15) is 37.9 Å². The minimum atomic E-state index is -4.09. The number of carbonyl (C=O) groups excluding carboxylic acids is 1. The molecule has 1 amide bonds. The maximum absolute atomic E-state index is 13.8. The van der Waals surface area contributed by atoms with Gasteiger partial charge in [0.1, 0.15) is 6.04 Å². The Hall–Kier alpha value is -1.71. The van der Waals surface area contributed by atoms with Gasteiger partial charge < -0.3 is 10.0 Å². The van der Waals surface area contributed by atoms with Crippen molar-refractivity contribution in [2.45, 2.75) is 49.2 Å². The molecule has 1 N–H and O–H groups in total. The van der Waals surface area contributed by atoms with Crippen molar-refractivity contribution in [1.29, 1.82) is 0 Å². The van der Waals surface area contributed by atoms with E-state index in [0.29, 0.717) is 25.0 Å². The van der Waals surface area contributed by atoms with Gasteiger partial charge in [-0.05, 0) is 56.5 Å². The Bertz CT molecular complexity index is 1080. The molecule has 10 heteroatoms. The number of aromatic nitrogens is 1. The lowest BCUT2D eigenvalue weighted by atomic mass is 9.91. The van der Waals surface area contributed by atoms with Gasteiger partial charge in [-0.25, -0.2) is 8.42 Å². The minimum Gasteiger partial charge on any atom is -0.396 e. The fraction of sp³-hybridized carbons (Fsp3) is 0.455. The molecule has 2 aliphatic rings. The summed E-state index contributed by atoms with van der Waals surface area (Å²) in [5, 5.41) is 10.6. The molecule has 0 spiro atoms. The number of halogens is 2. The lowest BCUT2D eigenvalue weighted by Crippen LogP contribution is -2.55. The Morgan fingerprint density at radius 3 is 2.53 bits per heavy atom. The van der Waals surface area contributed by atoms with Crippen molar-refractivity contribution in [2.75, 3.05) is 13.2 Å². The van der Waals surface area contributed by atoms with E-state index in [1.54, 1.807) is 17.2 Å². The zero-order valence-electron chi connectivity index (χ0n) is 17.6. The highest BCUT2D eigenvalue weighted by Crippen LogP contribution is 2.39. The summed E-state index contributed by atoms with van der Waals surface area (Å²) in [4.78, 5) is 19.7. The molecule has 3 heterocycles. The van der Waals surface area contributed by atoms with Crippen LogP contribution in [0.5, 0.6) is 0 Å². The van der Waals surface area contributed by atoms with Gasteiger partial charge in [-0.2, -0.15) is 4.31 Å². The van der Waals surface area contributed by atoms with Crippen molar-refractivity contribution >= 4 is 39.1 Å². The van der Waals surface area contributed by atoms with E-state index in [-0.39, 0.29) is 40.0 Å². The Kier molecular flexibility index (Phi) is 6.79. The first kappa shape index (κ1) is 23.4. The zero-order valence-corrected chi connectivity index (χ0v) is 19.9. The van der Waals surface area contributed by atoms with Crippen LogP contribution in [-0.4, -0.2) is 58.9 Å². The molecule has 0 saturated carbocycles. The van der Waals surface area contributed by atoms with Gasteiger partial charge in [0.05, 0.1) is 16.6 Å². The van der Waals surface area contributed by atoms with Gasteiger partial charge in [-0.3, -0.25) is 9.78 Å². The lowest BCUT2D eigenvalue weighted by Gasteiger charge is -2.40. The summed E-state index contributed by atoms with van der Waals surface area (Å²) in [5.74, 6) is -0.708. The first-order valence-corrected chi connectivity index (χ1v) is 12.8. The van der Waals surface area contributed by atoms with E-state index in [9.17, 15) is 18.3 Å². The normalized spacial score (nSPS) is 25.4. The second-order valence-corrected chi connectivity index (χ2v) is 11.0. The van der Waals surface area contributed by atoms with Crippen LogP contribution < -0.4 is 0 Å². The molecular weight excluding hydrogens is 473 g/mol. The number of nitrogens with zero attached hydrogens (tertiary/aromatic N) is 3. The number of rotatable bonds is 5. The van der Waals surface area contributed by atoms with Crippen LogP contribution in [0.4, 0.5) is 0 Å². The number of benzene rings is 1. The van der Waals surface area contributed by atoms with Crippen molar-refractivity contribution in [3.8, 4) is 0 Å². The molecule has 7 nitrogen and oxygen atoms in total. The van der Waals surface area contributed by atoms with Crippen LogP contribution in [0.15, 0.2) is 47.5 Å². The van der Waals surface area contributed by atoms with Crippen molar-refractivity contribution in [1.82, 2.24) is 14.2 Å². The number of hydrogen-bond acceptors (Lipinski definition) is 5. The molecule has 2 aromatic rings. The molecule has 1 aromatic heterocycles. The summed E-state index contributed by atoms with van der Waals surface area (Å²) in [5.41, 5.74) is 0.713. The summed E-state index contributed by atoms with van der Waals surface area (Å²) < 4.78 is 28.8. The van der Waals surface area contributed by atoms with E-state index in [2.05, 4.69) is 4.98 Å². The molecule has 2 fully saturated rings.